The fraction of sp³-hybridized carbons (Fsp3) is 0.333. The van der Waals surface area contributed by atoms with Gasteiger partial charge < -0.3 is 4.74 Å². The second-order valence-electron chi connectivity index (χ2n) is 8.61. The third-order valence-corrected chi connectivity index (χ3v) is 5.50. The molecule has 2 aromatic carbocycles. The van der Waals surface area contributed by atoms with E-state index >= 15 is 0 Å². The number of nitrogens with zero attached hydrogens (tertiary/aromatic N) is 2. The van der Waals surface area contributed by atoms with Gasteiger partial charge in [0.25, 0.3) is 0 Å². The molecule has 0 spiro atoms. The Kier molecular flexibility index (Phi) is 4.37. The summed E-state index contributed by atoms with van der Waals surface area (Å²) in [7, 11) is 0. The zero-order chi connectivity index (χ0) is 20.1. The summed E-state index contributed by atoms with van der Waals surface area (Å²) in [5.41, 5.74) is 6.51. The number of ether oxygens (including phenoxy) is 1. The molecule has 0 amide bonds. The maximum absolute atomic E-state index is 12.7. The van der Waals surface area contributed by atoms with Gasteiger partial charge in [0.15, 0.2) is 0 Å². The minimum absolute atomic E-state index is 0.0684. The van der Waals surface area contributed by atoms with Crippen molar-refractivity contribution in [3.63, 3.8) is 0 Å². The summed E-state index contributed by atoms with van der Waals surface area (Å²) in [5, 5.41) is 0. The van der Waals surface area contributed by atoms with Crippen molar-refractivity contribution < 1.29 is 4.74 Å². The number of hydrogen-bond donors (Lipinski definition) is 0. The van der Waals surface area contributed by atoms with Gasteiger partial charge in [0.1, 0.15) is 5.75 Å². The van der Waals surface area contributed by atoms with Crippen LogP contribution in [-0.4, -0.2) is 9.55 Å². The largest absolute Gasteiger partial charge is 0.438 e. The topological polar surface area (TPSA) is 44.1 Å². The Balaban J connectivity index is 1.82. The lowest BCUT2D eigenvalue weighted by molar-refractivity contribution is 0.433. The first kappa shape index (κ1) is 18.5. The predicted molar refractivity (Wildman–Crippen MR) is 112 cm³/mol. The Morgan fingerprint density at radius 2 is 1.75 bits per heavy atom. The summed E-state index contributed by atoms with van der Waals surface area (Å²) in [6, 6.07) is 14.2. The van der Waals surface area contributed by atoms with Crippen LogP contribution in [0.1, 0.15) is 43.0 Å². The van der Waals surface area contributed by atoms with Gasteiger partial charge in [0.2, 0.25) is 5.88 Å². The van der Waals surface area contributed by atoms with Crippen molar-refractivity contribution in [3.8, 4) is 22.9 Å². The molecule has 0 saturated carbocycles. The van der Waals surface area contributed by atoms with Crippen molar-refractivity contribution in [1.82, 2.24) is 9.55 Å². The summed E-state index contributed by atoms with van der Waals surface area (Å²) < 4.78 is 7.88. The molecule has 4 rings (SSSR count). The lowest BCUT2D eigenvalue weighted by atomic mass is 9.86. The molecule has 0 bridgehead atoms. The van der Waals surface area contributed by atoms with Gasteiger partial charge in [-0.25, -0.2) is 4.79 Å². The van der Waals surface area contributed by atoms with Gasteiger partial charge in [-0.05, 0) is 54.5 Å². The van der Waals surface area contributed by atoms with Crippen molar-refractivity contribution in [3.05, 3.63) is 75.2 Å². The highest BCUT2D eigenvalue weighted by atomic mass is 16.5. The molecule has 4 nitrogen and oxygen atoms in total. The molecule has 1 aliphatic heterocycles. The smallest absolute Gasteiger partial charge is 0.351 e. The average molecular weight is 374 g/mol. The number of benzene rings is 2. The molecular formula is C24H26N2O2. The predicted octanol–water partition coefficient (Wildman–Crippen LogP) is 5.17. The van der Waals surface area contributed by atoms with Crippen LogP contribution in [0.15, 0.2) is 47.3 Å². The van der Waals surface area contributed by atoms with E-state index in [1.165, 1.54) is 16.7 Å². The summed E-state index contributed by atoms with van der Waals surface area (Å²) >= 11 is 0. The van der Waals surface area contributed by atoms with Crippen LogP contribution in [0.2, 0.25) is 0 Å². The molecule has 144 valence electrons. The van der Waals surface area contributed by atoms with E-state index in [-0.39, 0.29) is 11.1 Å². The van der Waals surface area contributed by atoms with Gasteiger partial charge in [-0.2, -0.15) is 4.98 Å². The lowest BCUT2D eigenvalue weighted by Crippen LogP contribution is -2.28. The van der Waals surface area contributed by atoms with Crippen LogP contribution >= 0.6 is 0 Å². The molecule has 2 heterocycles. The van der Waals surface area contributed by atoms with Crippen LogP contribution in [0.25, 0.3) is 11.3 Å². The number of hydrogen-bond acceptors (Lipinski definition) is 3. The van der Waals surface area contributed by atoms with E-state index in [9.17, 15) is 4.79 Å². The van der Waals surface area contributed by atoms with E-state index in [0.29, 0.717) is 12.4 Å². The summed E-state index contributed by atoms with van der Waals surface area (Å²) in [6.45, 7) is 11.3. The van der Waals surface area contributed by atoms with Crippen LogP contribution in [0, 0.1) is 13.8 Å². The molecule has 0 atom stereocenters. The molecule has 0 unspecified atom stereocenters. The SMILES string of the molecule is Cc1cc2c(cc1C)-c1cc(Oc3ccccc3C(C)(C)C)nc(=O)n1CC2. The van der Waals surface area contributed by atoms with Gasteiger partial charge in [0.05, 0.1) is 5.69 Å². The van der Waals surface area contributed by atoms with Crippen molar-refractivity contribution in [2.75, 3.05) is 0 Å². The van der Waals surface area contributed by atoms with Gasteiger partial charge >= 0.3 is 5.69 Å². The maximum atomic E-state index is 12.7. The van der Waals surface area contributed by atoms with E-state index < -0.39 is 0 Å². The highest BCUT2D eigenvalue weighted by Gasteiger charge is 2.22. The van der Waals surface area contributed by atoms with E-state index in [1.807, 2.05) is 24.3 Å². The summed E-state index contributed by atoms with van der Waals surface area (Å²) in [6.07, 6.45) is 0.845. The maximum Gasteiger partial charge on any atom is 0.351 e. The molecule has 0 fully saturated rings. The van der Waals surface area contributed by atoms with Crippen molar-refractivity contribution in [2.24, 2.45) is 0 Å². The van der Waals surface area contributed by atoms with Crippen LogP contribution in [-0.2, 0) is 18.4 Å². The van der Waals surface area contributed by atoms with Crippen molar-refractivity contribution in [2.45, 2.75) is 53.0 Å². The van der Waals surface area contributed by atoms with E-state index in [1.54, 1.807) is 4.57 Å². The minimum atomic E-state index is -0.260. The fourth-order valence-electron chi connectivity index (χ4n) is 3.82. The number of fused-ring (bicyclic) bond motifs is 3. The van der Waals surface area contributed by atoms with E-state index in [0.717, 1.165) is 29.0 Å². The third kappa shape index (κ3) is 3.24. The summed E-state index contributed by atoms with van der Waals surface area (Å²) in [5.74, 6) is 1.09. The van der Waals surface area contributed by atoms with Gasteiger partial charge in [-0.15, -0.1) is 0 Å². The second-order valence-corrected chi connectivity index (χ2v) is 8.61. The van der Waals surface area contributed by atoms with E-state index in [2.05, 4.69) is 57.8 Å². The molecule has 0 aliphatic carbocycles. The quantitative estimate of drug-likeness (QED) is 0.621. The van der Waals surface area contributed by atoms with Crippen molar-refractivity contribution in [1.29, 1.82) is 0 Å². The zero-order valence-electron chi connectivity index (χ0n) is 17.2. The number of rotatable bonds is 2. The molecule has 3 aromatic rings. The number of para-hydroxylation sites is 1. The first-order chi connectivity index (χ1) is 13.2. The second kappa shape index (κ2) is 6.62. The molecule has 28 heavy (non-hydrogen) atoms. The number of aryl methyl sites for hydroxylation is 3. The molecule has 0 saturated heterocycles. The first-order valence-corrected chi connectivity index (χ1v) is 9.74. The Bertz CT molecular complexity index is 1120. The zero-order valence-corrected chi connectivity index (χ0v) is 17.2. The fourth-order valence-corrected chi connectivity index (χ4v) is 3.82. The summed E-state index contributed by atoms with van der Waals surface area (Å²) in [4.78, 5) is 16.9. The highest BCUT2D eigenvalue weighted by molar-refractivity contribution is 5.68. The Morgan fingerprint density at radius 3 is 2.50 bits per heavy atom. The van der Waals surface area contributed by atoms with Gasteiger partial charge in [0, 0.05) is 23.7 Å². The lowest BCUT2D eigenvalue weighted by Gasteiger charge is -2.24. The van der Waals surface area contributed by atoms with Crippen LogP contribution < -0.4 is 10.4 Å². The molecule has 4 heteroatoms. The monoisotopic (exact) mass is 374 g/mol. The van der Waals surface area contributed by atoms with Gasteiger partial charge in [-0.3, -0.25) is 4.57 Å². The normalized spacial score (nSPS) is 13.0. The minimum Gasteiger partial charge on any atom is -0.438 e. The van der Waals surface area contributed by atoms with E-state index in [4.69, 9.17) is 4.74 Å². The Morgan fingerprint density at radius 1 is 1.04 bits per heavy atom. The number of aromatic nitrogens is 2. The average Bonchev–Trinajstić information content (AvgIpc) is 2.62. The first-order valence-electron chi connectivity index (χ1n) is 9.74. The Hall–Kier alpha value is -2.88. The van der Waals surface area contributed by atoms with Crippen molar-refractivity contribution >= 4 is 0 Å². The van der Waals surface area contributed by atoms with Gasteiger partial charge in [-0.1, -0.05) is 45.0 Å². The highest BCUT2D eigenvalue weighted by Crippen LogP contribution is 2.35. The molecular weight excluding hydrogens is 348 g/mol. The standard InChI is InChI=1S/C24H26N2O2/c1-15-12-17-10-11-26-20(18(17)13-16(15)2)14-22(25-23(26)27)28-21-9-7-6-8-19(21)24(3,4)5/h6-9,12-14H,10-11H2,1-5H3. The van der Waals surface area contributed by atoms with Crippen LogP contribution in [0.5, 0.6) is 11.6 Å². The molecule has 1 aliphatic rings. The third-order valence-electron chi connectivity index (χ3n) is 5.50. The Labute approximate surface area is 165 Å². The molecule has 0 radical (unpaired) electrons. The molecule has 1 aromatic heterocycles. The van der Waals surface area contributed by atoms with Crippen LogP contribution in [0.3, 0.4) is 0 Å². The molecule has 0 N–H and O–H groups in total. The van der Waals surface area contributed by atoms with Crippen LogP contribution in [0.4, 0.5) is 0 Å².